The average Bonchev–Trinajstić information content (AvgIpc) is 2.26. The highest BCUT2D eigenvalue weighted by Gasteiger charge is 2.03. The van der Waals surface area contributed by atoms with Crippen molar-refractivity contribution in [1.82, 2.24) is 0 Å². The van der Waals surface area contributed by atoms with Crippen molar-refractivity contribution >= 4 is 17.4 Å². The van der Waals surface area contributed by atoms with Gasteiger partial charge < -0.3 is 15.6 Å². The topological polar surface area (TPSA) is 55.5 Å². The van der Waals surface area contributed by atoms with E-state index in [0.717, 1.165) is 11.3 Å². The summed E-state index contributed by atoms with van der Waals surface area (Å²) in [5.41, 5.74) is 7.60. The summed E-state index contributed by atoms with van der Waals surface area (Å²) in [6, 6.07) is 5.77. The Balaban J connectivity index is 2.59. The Labute approximate surface area is 94.6 Å². The van der Waals surface area contributed by atoms with Crippen LogP contribution in [0.15, 0.2) is 18.2 Å². The first-order chi connectivity index (χ1) is 7.17. The molecule has 84 valence electrons. The molecule has 0 radical (unpaired) electrons. The number of rotatable bonds is 5. The van der Waals surface area contributed by atoms with Crippen molar-refractivity contribution in [2.45, 2.75) is 17.9 Å². The number of aliphatic hydroxyl groups is 1. The van der Waals surface area contributed by atoms with Crippen LogP contribution in [-0.4, -0.2) is 24.1 Å². The molecule has 15 heavy (non-hydrogen) atoms. The van der Waals surface area contributed by atoms with Crippen LogP contribution in [-0.2, 0) is 5.75 Å². The molecule has 1 unspecified atom stereocenters. The maximum absolute atomic E-state index is 8.88. The van der Waals surface area contributed by atoms with Gasteiger partial charge in [0.2, 0.25) is 0 Å². The molecule has 0 amide bonds. The molecule has 0 aromatic heterocycles. The van der Waals surface area contributed by atoms with Crippen LogP contribution in [0, 0.1) is 0 Å². The maximum atomic E-state index is 8.88. The molecule has 0 fully saturated rings. The number of thioether (sulfide) groups is 1. The quantitative estimate of drug-likeness (QED) is 0.754. The summed E-state index contributed by atoms with van der Waals surface area (Å²) in [5, 5.41) is 9.14. The normalized spacial score (nSPS) is 12.5. The number of methoxy groups -OCH3 is 1. The Hall–Kier alpha value is -0.870. The highest BCUT2D eigenvalue weighted by molar-refractivity contribution is 7.99. The lowest BCUT2D eigenvalue weighted by Crippen LogP contribution is -2.02. The summed E-state index contributed by atoms with van der Waals surface area (Å²) in [4.78, 5) is 0. The second-order valence-electron chi connectivity index (χ2n) is 3.38. The predicted molar refractivity (Wildman–Crippen MR) is 65.2 cm³/mol. The fraction of sp³-hybridized carbons (Fsp3) is 0.455. The fourth-order valence-corrected chi connectivity index (χ4v) is 1.93. The minimum atomic E-state index is 0.205. The Morgan fingerprint density at radius 3 is 2.80 bits per heavy atom. The van der Waals surface area contributed by atoms with Gasteiger partial charge in [-0.2, -0.15) is 11.8 Å². The van der Waals surface area contributed by atoms with Crippen LogP contribution in [0.3, 0.4) is 0 Å². The van der Waals surface area contributed by atoms with E-state index in [-0.39, 0.29) is 11.9 Å². The number of hydrogen-bond acceptors (Lipinski definition) is 4. The van der Waals surface area contributed by atoms with E-state index in [1.54, 1.807) is 18.9 Å². The summed E-state index contributed by atoms with van der Waals surface area (Å²) in [6.07, 6.45) is 0. The van der Waals surface area contributed by atoms with Crippen molar-refractivity contribution in [3.8, 4) is 5.75 Å². The highest BCUT2D eigenvalue weighted by atomic mass is 32.2. The first-order valence-electron chi connectivity index (χ1n) is 4.82. The monoisotopic (exact) mass is 227 g/mol. The maximum Gasteiger partial charge on any atom is 0.141 e. The van der Waals surface area contributed by atoms with Crippen molar-refractivity contribution in [2.75, 3.05) is 19.5 Å². The van der Waals surface area contributed by atoms with Gasteiger partial charge in [0.15, 0.2) is 0 Å². The summed E-state index contributed by atoms with van der Waals surface area (Å²) < 4.78 is 5.07. The lowest BCUT2D eigenvalue weighted by atomic mass is 10.2. The van der Waals surface area contributed by atoms with Gasteiger partial charge in [-0.3, -0.25) is 0 Å². The van der Waals surface area contributed by atoms with Gasteiger partial charge in [-0.1, -0.05) is 13.0 Å². The van der Waals surface area contributed by atoms with Gasteiger partial charge in [0.25, 0.3) is 0 Å². The molecule has 3 N–H and O–H groups in total. The SMILES string of the molecule is COc1ccc(CSC(C)CO)cc1N. The number of aliphatic hydroxyl groups excluding tert-OH is 1. The molecule has 1 rings (SSSR count). The Morgan fingerprint density at radius 2 is 2.27 bits per heavy atom. The molecule has 0 saturated carbocycles. The van der Waals surface area contributed by atoms with E-state index in [1.807, 2.05) is 25.1 Å². The van der Waals surface area contributed by atoms with Crippen LogP contribution in [0.25, 0.3) is 0 Å². The minimum absolute atomic E-state index is 0.205. The smallest absolute Gasteiger partial charge is 0.141 e. The van der Waals surface area contributed by atoms with Gasteiger partial charge in [-0.05, 0) is 17.7 Å². The lowest BCUT2D eigenvalue weighted by molar-refractivity contribution is 0.300. The summed E-state index contributed by atoms with van der Waals surface area (Å²) in [5.74, 6) is 1.56. The summed E-state index contributed by atoms with van der Waals surface area (Å²) in [6.45, 7) is 2.20. The van der Waals surface area contributed by atoms with Crippen LogP contribution in [0.4, 0.5) is 5.69 Å². The van der Waals surface area contributed by atoms with Crippen LogP contribution in [0.2, 0.25) is 0 Å². The third kappa shape index (κ3) is 3.64. The Morgan fingerprint density at radius 1 is 1.53 bits per heavy atom. The summed E-state index contributed by atoms with van der Waals surface area (Å²) >= 11 is 1.71. The zero-order valence-corrected chi connectivity index (χ0v) is 9.88. The van der Waals surface area contributed by atoms with Gasteiger partial charge in [-0.15, -0.1) is 0 Å². The number of hydrogen-bond donors (Lipinski definition) is 2. The Kier molecular flexibility index (Phi) is 4.78. The molecule has 1 aromatic rings. The Bertz CT molecular complexity index is 317. The molecule has 1 atom stereocenters. The van der Waals surface area contributed by atoms with Crippen LogP contribution in [0.5, 0.6) is 5.75 Å². The molecule has 0 heterocycles. The molecule has 0 spiro atoms. The largest absolute Gasteiger partial charge is 0.495 e. The molecule has 0 saturated heterocycles. The van der Waals surface area contributed by atoms with Crippen molar-refractivity contribution in [2.24, 2.45) is 0 Å². The third-order valence-electron chi connectivity index (χ3n) is 2.09. The minimum Gasteiger partial charge on any atom is -0.495 e. The zero-order valence-electron chi connectivity index (χ0n) is 9.06. The molecule has 0 aliphatic rings. The average molecular weight is 227 g/mol. The fourth-order valence-electron chi connectivity index (χ4n) is 1.16. The molecule has 0 aliphatic carbocycles. The van der Waals surface area contributed by atoms with Crippen LogP contribution in [0.1, 0.15) is 12.5 Å². The van der Waals surface area contributed by atoms with E-state index < -0.39 is 0 Å². The van der Waals surface area contributed by atoms with Crippen molar-refractivity contribution < 1.29 is 9.84 Å². The van der Waals surface area contributed by atoms with Crippen molar-refractivity contribution in [3.63, 3.8) is 0 Å². The standard InChI is InChI=1S/C11H17NO2S/c1-8(6-13)15-7-9-3-4-11(14-2)10(12)5-9/h3-5,8,13H,6-7,12H2,1-2H3. The van der Waals surface area contributed by atoms with Gasteiger partial charge >= 0.3 is 0 Å². The van der Waals surface area contributed by atoms with E-state index in [9.17, 15) is 0 Å². The van der Waals surface area contributed by atoms with Crippen molar-refractivity contribution in [1.29, 1.82) is 0 Å². The van der Waals surface area contributed by atoms with E-state index in [4.69, 9.17) is 15.6 Å². The number of benzene rings is 1. The van der Waals surface area contributed by atoms with Gasteiger partial charge in [0.1, 0.15) is 5.75 Å². The number of nitrogens with two attached hydrogens (primary N) is 1. The van der Waals surface area contributed by atoms with E-state index in [0.29, 0.717) is 11.4 Å². The van der Waals surface area contributed by atoms with E-state index in [1.165, 1.54) is 0 Å². The molecular weight excluding hydrogens is 210 g/mol. The van der Waals surface area contributed by atoms with Gasteiger partial charge in [0.05, 0.1) is 19.4 Å². The second kappa shape index (κ2) is 5.88. The van der Waals surface area contributed by atoms with E-state index in [2.05, 4.69) is 0 Å². The first kappa shape index (κ1) is 12.2. The molecular formula is C11H17NO2S. The number of anilines is 1. The second-order valence-corrected chi connectivity index (χ2v) is 4.81. The molecule has 0 bridgehead atoms. The molecule has 4 heteroatoms. The third-order valence-corrected chi connectivity index (χ3v) is 3.30. The molecule has 1 aromatic carbocycles. The number of ether oxygens (including phenoxy) is 1. The van der Waals surface area contributed by atoms with Crippen LogP contribution < -0.4 is 10.5 Å². The highest BCUT2D eigenvalue weighted by Crippen LogP contribution is 2.25. The first-order valence-corrected chi connectivity index (χ1v) is 5.87. The number of nitrogen functional groups attached to an aromatic ring is 1. The van der Waals surface area contributed by atoms with Crippen molar-refractivity contribution in [3.05, 3.63) is 23.8 Å². The lowest BCUT2D eigenvalue weighted by Gasteiger charge is -2.09. The van der Waals surface area contributed by atoms with Crippen LogP contribution >= 0.6 is 11.8 Å². The molecule has 0 aliphatic heterocycles. The molecule has 3 nitrogen and oxygen atoms in total. The van der Waals surface area contributed by atoms with E-state index >= 15 is 0 Å². The van der Waals surface area contributed by atoms with Gasteiger partial charge in [-0.25, -0.2) is 0 Å². The van der Waals surface area contributed by atoms with Gasteiger partial charge in [0, 0.05) is 11.0 Å². The zero-order chi connectivity index (χ0) is 11.3. The summed E-state index contributed by atoms with van der Waals surface area (Å²) in [7, 11) is 1.61. The predicted octanol–water partition coefficient (Wildman–Crippen LogP) is 1.89.